The summed E-state index contributed by atoms with van der Waals surface area (Å²) in [6.45, 7) is 0. The maximum Gasteiger partial charge on any atom is 0.174 e. The van der Waals surface area contributed by atoms with E-state index in [0.717, 1.165) is 34.1 Å². The van der Waals surface area contributed by atoms with Gasteiger partial charge in [0.2, 0.25) is 0 Å². The molecule has 0 aliphatic heterocycles. The molecule has 19 heavy (non-hydrogen) atoms. The molecular weight excluding hydrogens is 238 g/mol. The second kappa shape index (κ2) is 4.90. The molecule has 3 nitrogen and oxygen atoms in total. The van der Waals surface area contributed by atoms with E-state index in [1.165, 1.54) is 6.08 Å². The number of nitrogens with zero attached hydrogens (tertiary/aromatic N) is 1. The van der Waals surface area contributed by atoms with Gasteiger partial charge in [-0.2, -0.15) is 0 Å². The van der Waals surface area contributed by atoms with Crippen molar-refractivity contribution in [1.29, 1.82) is 0 Å². The van der Waals surface area contributed by atoms with Crippen LogP contribution in [-0.4, -0.2) is 11.4 Å². The van der Waals surface area contributed by atoms with Gasteiger partial charge in [0.05, 0.1) is 5.39 Å². The van der Waals surface area contributed by atoms with Gasteiger partial charge in [-0.25, -0.2) is 0 Å². The van der Waals surface area contributed by atoms with E-state index in [9.17, 15) is 4.79 Å². The normalized spacial score (nSPS) is 11.2. The molecule has 0 saturated heterocycles. The highest BCUT2D eigenvalue weighted by molar-refractivity contribution is 5.93. The largest absolute Gasteiger partial charge is 0.355 e. The second-order valence-electron chi connectivity index (χ2n) is 4.15. The Morgan fingerprint density at radius 2 is 1.89 bits per heavy atom. The summed E-state index contributed by atoms with van der Waals surface area (Å²) < 4.78 is 5.42. The number of fused-ring (bicyclic) bond motifs is 1. The average molecular weight is 249 g/mol. The molecule has 2 aromatic carbocycles. The van der Waals surface area contributed by atoms with Crippen LogP contribution in [0, 0.1) is 0 Å². The van der Waals surface area contributed by atoms with E-state index in [4.69, 9.17) is 4.52 Å². The van der Waals surface area contributed by atoms with Crippen molar-refractivity contribution in [1.82, 2.24) is 5.16 Å². The van der Waals surface area contributed by atoms with Crippen molar-refractivity contribution >= 4 is 23.3 Å². The number of hydrogen-bond acceptors (Lipinski definition) is 3. The molecule has 1 aromatic heterocycles. The molecule has 3 heteroatoms. The van der Waals surface area contributed by atoms with E-state index in [1.807, 2.05) is 48.5 Å². The van der Waals surface area contributed by atoms with Crippen molar-refractivity contribution < 1.29 is 9.32 Å². The second-order valence-corrected chi connectivity index (χ2v) is 4.15. The summed E-state index contributed by atoms with van der Waals surface area (Å²) in [5.74, 6) is 0.747. The average Bonchev–Trinajstić information content (AvgIpc) is 2.89. The minimum atomic E-state index is 0.747. The van der Waals surface area contributed by atoms with E-state index >= 15 is 0 Å². The molecule has 3 aromatic rings. The van der Waals surface area contributed by atoms with Gasteiger partial charge in [0.15, 0.2) is 5.76 Å². The minimum absolute atomic E-state index is 0.747. The first kappa shape index (κ1) is 11.4. The first-order valence-electron chi connectivity index (χ1n) is 5.95. The lowest BCUT2D eigenvalue weighted by atomic mass is 10.1. The van der Waals surface area contributed by atoms with Gasteiger partial charge in [-0.3, -0.25) is 4.79 Å². The van der Waals surface area contributed by atoms with E-state index in [0.29, 0.717) is 0 Å². The fourth-order valence-corrected chi connectivity index (χ4v) is 2.01. The van der Waals surface area contributed by atoms with Crippen LogP contribution in [-0.2, 0) is 4.79 Å². The summed E-state index contributed by atoms with van der Waals surface area (Å²) in [6, 6.07) is 15.6. The van der Waals surface area contributed by atoms with Crippen molar-refractivity contribution in [2.24, 2.45) is 0 Å². The molecule has 92 valence electrons. The number of hydrogen-bond donors (Lipinski definition) is 0. The Bertz CT molecular complexity index is 742. The van der Waals surface area contributed by atoms with Crippen LogP contribution in [0.2, 0.25) is 0 Å². The molecule has 0 unspecified atom stereocenters. The maximum absolute atomic E-state index is 10.4. The topological polar surface area (TPSA) is 43.1 Å². The van der Waals surface area contributed by atoms with Gasteiger partial charge < -0.3 is 4.52 Å². The van der Waals surface area contributed by atoms with Crippen molar-refractivity contribution in [3.63, 3.8) is 0 Å². The van der Waals surface area contributed by atoms with Gasteiger partial charge in [0, 0.05) is 5.56 Å². The summed E-state index contributed by atoms with van der Waals surface area (Å²) in [4.78, 5) is 10.4. The number of carbonyl (C=O) groups excluding carboxylic acids is 1. The summed E-state index contributed by atoms with van der Waals surface area (Å²) in [7, 11) is 0. The number of benzene rings is 2. The zero-order valence-electron chi connectivity index (χ0n) is 10.1. The Labute approximate surface area is 110 Å². The van der Waals surface area contributed by atoms with Crippen LogP contribution in [0.3, 0.4) is 0 Å². The third-order valence-electron chi connectivity index (χ3n) is 2.90. The smallest absolute Gasteiger partial charge is 0.174 e. The van der Waals surface area contributed by atoms with Gasteiger partial charge in [-0.05, 0) is 23.8 Å². The first-order valence-corrected chi connectivity index (χ1v) is 5.95. The Morgan fingerprint density at radius 3 is 2.68 bits per heavy atom. The SMILES string of the molecule is O=C/C=C/c1ccc2noc(-c3ccccc3)c2c1. The van der Waals surface area contributed by atoms with E-state index in [-0.39, 0.29) is 0 Å². The quantitative estimate of drug-likeness (QED) is 0.525. The Balaban J connectivity index is 2.16. The van der Waals surface area contributed by atoms with Crippen molar-refractivity contribution in [3.8, 4) is 11.3 Å². The molecule has 0 aliphatic carbocycles. The lowest BCUT2D eigenvalue weighted by Crippen LogP contribution is -1.76. The van der Waals surface area contributed by atoms with Crippen LogP contribution in [0.25, 0.3) is 28.3 Å². The highest BCUT2D eigenvalue weighted by Crippen LogP contribution is 2.29. The van der Waals surface area contributed by atoms with Gasteiger partial charge in [-0.15, -0.1) is 0 Å². The van der Waals surface area contributed by atoms with Crippen LogP contribution in [0.1, 0.15) is 5.56 Å². The monoisotopic (exact) mass is 249 g/mol. The molecule has 3 rings (SSSR count). The number of carbonyl (C=O) groups is 1. The van der Waals surface area contributed by atoms with Crippen molar-refractivity contribution in [3.05, 3.63) is 60.2 Å². The predicted octanol–water partition coefficient (Wildman–Crippen LogP) is 3.71. The molecule has 0 N–H and O–H groups in total. The van der Waals surface area contributed by atoms with E-state index in [1.54, 1.807) is 6.08 Å². The molecule has 0 fully saturated rings. The summed E-state index contributed by atoms with van der Waals surface area (Å²) >= 11 is 0. The maximum atomic E-state index is 10.4. The molecule has 0 aliphatic rings. The Hall–Kier alpha value is -2.68. The highest BCUT2D eigenvalue weighted by Gasteiger charge is 2.10. The molecule has 0 spiro atoms. The molecule has 0 radical (unpaired) electrons. The standard InChI is InChI=1S/C16H11NO2/c18-10-4-5-12-8-9-15-14(11-12)16(19-17-15)13-6-2-1-3-7-13/h1-11H/b5-4+. The number of rotatable bonds is 3. The fourth-order valence-electron chi connectivity index (χ4n) is 2.01. The Kier molecular flexibility index (Phi) is 2.94. The third kappa shape index (κ3) is 2.18. The Morgan fingerprint density at radius 1 is 1.05 bits per heavy atom. The van der Waals surface area contributed by atoms with Crippen LogP contribution in [0.4, 0.5) is 0 Å². The van der Waals surface area contributed by atoms with Gasteiger partial charge >= 0.3 is 0 Å². The highest BCUT2D eigenvalue weighted by atomic mass is 16.5. The van der Waals surface area contributed by atoms with Gasteiger partial charge in [0.25, 0.3) is 0 Å². The molecule has 0 saturated carbocycles. The van der Waals surface area contributed by atoms with Crippen LogP contribution in [0.15, 0.2) is 59.1 Å². The molecule has 0 bridgehead atoms. The van der Waals surface area contributed by atoms with Crippen LogP contribution >= 0.6 is 0 Å². The number of allylic oxidation sites excluding steroid dienone is 1. The molecule has 1 heterocycles. The van der Waals surface area contributed by atoms with Crippen molar-refractivity contribution in [2.45, 2.75) is 0 Å². The predicted molar refractivity (Wildman–Crippen MR) is 74.5 cm³/mol. The zero-order chi connectivity index (χ0) is 13.1. The first-order chi connectivity index (χ1) is 9.38. The number of aldehydes is 1. The van der Waals surface area contributed by atoms with Gasteiger partial charge in [0.1, 0.15) is 11.8 Å². The van der Waals surface area contributed by atoms with E-state index in [2.05, 4.69) is 5.16 Å². The lowest BCUT2D eigenvalue weighted by molar-refractivity contribution is -0.104. The van der Waals surface area contributed by atoms with E-state index < -0.39 is 0 Å². The fraction of sp³-hybridized carbons (Fsp3) is 0. The lowest BCUT2D eigenvalue weighted by Gasteiger charge is -1.97. The third-order valence-corrected chi connectivity index (χ3v) is 2.90. The molecule has 0 amide bonds. The van der Waals surface area contributed by atoms with Crippen LogP contribution in [0.5, 0.6) is 0 Å². The number of aromatic nitrogens is 1. The molecular formula is C16H11NO2. The minimum Gasteiger partial charge on any atom is -0.355 e. The van der Waals surface area contributed by atoms with Crippen LogP contribution < -0.4 is 0 Å². The van der Waals surface area contributed by atoms with Crippen molar-refractivity contribution in [2.75, 3.05) is 0 Å². The molecule has 0 atom stereocenters. The summed E-state index contributed by atoms with van der Waals surface area (Å²) in [5.41, 5.74) is 2.74. The summed E-state index contributed by atoms with van der Waals surface area (Å²) in [6.07, 6.45) is 3.99. The summed E-state index contributed by atoms with van der Waals surface area (Å²) in [5, 5.41) is 4.99. The van der Waals surface area contributed by atoms with Gasteiger partial charge in [-0.1, -0.05) is 47.6 Å². The zero-order valence-corrected chi connectivity index (χ0v) is 10.1.